The average molecular weight is 215 g/mol. The molecule has 2 saturated heterocycles. The molecule has 1 N–H and O–H groups in total. The van der Waals surface area contributed by atoms with Crippen LogP contribution in [-0.2, 0) is 4.79 Å². The normalized spacial score (nSPS) is 33.7. The summed E-state index contributed by atoms with van der Waals surface area (Å²) >= 11 is 2.00. The summed E-state index contributed by atoms with van der Waals surface area (Å²) in [7, 11) is 0. The predicted octanol–water partition coefficient (Wildman–Crippen LogP) is 1.43. The van der Waals surface area contributed by atoms with Gasteiger partial charge in [-0.3, -0.25) is 9.69 Å². The molecule has 0 aromatic heterocycles. The van der Waals surface area contributed by atoms with Crippen LogP contribution in [0.1, 0.15) is 25.7 Å². The van der Waals surface area contributed by atoms with Crippen LogP contribution in [0, 0.1) is 0 Å². The summed E-state index contributed by atoms with van der Waals surface area (Å²) in [6.07, 6.45) is 3.84. The SMILES string of the molecule is O=C(O)CC1CCCN1C1CCSC1. The van der Waals surface area contributed by atoms with Crippen LogP contribution in [-0.4, -0.2) is 46.1 Å². The van der Waals surface area contributed by atoms with E-state index >= 15 is 0 Å². The second kappa shape index (κ2) is 4.53. The third-order valence-corrected chi connectivity index (χ3v) is 4.35. The molecule has 3 nitrogen and oxygen atoms in total. The predicted molar refractivity (Wildman–Crippen MR) is 57.7 cm³/mol. The molecule has 2 unspecified atom stereocenters. The fourth-order valence-electron chi connectivity index (χ4n) is 2.54. The third kappa shape index (κ3) is 2.23. The van der Waals surface area contributed by atoms with Gasteiger partial charge in [-0.2, -0.15) is 11.8 Å². The van der Waals surface area contributed by atoms with Crippen molar-refractivity contribution in [3.8, 4) is 0 Å². The Morgan fingerprint density at radius 2 is 2.36 bits per heavy atom. The van der Waals surface area contributed by atoms with Gasteiger partial charge in [-0.15, -0.1) is 0 Å². The summed E-state index contributed by atoms with van der Waals surface area (Å²) < 4.78 is 0. The Morgan fingerprint density at radius 3 is 3.00 bits per heavy atom. The topological polar surface area (TPSA) is 40.5 Å². The van der Waals surface area contributed by atoms with Gasteiger partial charge >= 0.3 is 5.97 Å². The van der Waals surface area contributed by atoms with Crippen LogP contribution in [0.25, 0.3) is 0 Å². The van der Waals surface area contributed by atoms with Crippen molar-refractivity contribution in [2.75, 3.05) is 18.1 Å². The summed E-state index contributed by atoms with van der Waals surface area (Å²) in [6.45, 7) is 1.11. The van der Waals surface area contributed by atoms with Crippen molar-refractivity contribution in [2.45, 2.75) is 37.8 Å². The molecule has 0 aromatic carbocycles. The van der Waals surface area contributed by atoms with Gasteiger partial charge in [0.1, 0.15) is 0 Å². The van der Waals surface area contributed by atoms with Crippen molar-refractivity contribution in [1.29, 1.82) is 0 Å². The van der Waals surface area contributed by atoms with Crippen LogP contribution < -0.4 is 0 Å². The van der Waals surface area contributed by atoms with E-state index in [1.165, 1.54) is 24.3 Å². The number of thioether (sulfide) groups is 1. The molecule has 0 amide bonds. The molecule has 80 valence electrons. The number of hydrogen-bond donors (Lipinski definition) is 1. The van der Waals surface area contributed by atoms with Gasteiger partial charge in [0, 0.05) is 17.8 Å². The lowest BCUT2D eigenvalue weighted by Crippen LogP contribution is -2.40. The van der Waals surface area contributed by atoms with Crippen LogP contribution in [0.5, 0.6) is 0 Å². The standard InChI is InChI=1S/C10H17NO2S/c12-10(13)6-8-2-1-4-11(8)9-3-5-14-7-9/h8-9H,1-7H2,(H,12,13). The fraction of sp³-hybridized carbons (Fsp3) is 0.900. The fourth-order valence-corrected chi connectivity index (χ4v) is 3.78. The van der Waals surface area contributed by atoms with Gasteiger partial charge in [-0.25, -0.2) is 0 Å². The number of carbonyl (C=O) groups is 1. The van der Waals surface area contributed by atoms with E-state index in [2.05, 4.69) is 4.90 Å². The van der Waals surface area contributed by atoms with Crippen molar-refractivity contribution in [1.82, 2.24) is 4.90 Å². The van der Waals surface area contributed by atoms with E-state index in [9.17, 15) is 4.79 Å². The number of carboxylic acids is 1. The Morgan fingerprint density at radius 1 is 1.50 bits per heavy atom. The largest absolute Gasteiger partial charge is 0.481 e. The molecule has 0 saturated carbocycles. The number of likely N-dealkylation sites (tertiary alicyclic amines) is 1. The zero-order chi connectivity index (χ0) is 9.97. The Hall–Kier alpha value is -0.220. The molecular weight excluding hydrogens is 198 g/mol. The van der Waals surface area contributed by atoms with Crippen LogP contribution in [0.4, 0.5) is 0 Å². The first-order chi connectivity index (χ1) is 6.77. The first-order valence-corrected chi connectivity index (χ1v) is 6.48. The van der Waals surface area contributed by atoms with Gasteiger partial charge in [-0.1, -0.05) is 0 Å². The van der Waals surface area contributed by atoms with Crippen LogP contribution in [0.2, 0.25) is 0 Å². The Labute approximate surface area is 88.9 Å². The van der Waals surface area contributed by atoms with Crippen molar-refractivity contribution in [3.63, 3.8) is 0 Å². The highest BCUT2D eigenvalue weighted by atomic mass is 32.2. The smallest absolute Gasteiger partial charge is 0.304 e. The number of hydrogen-bond acceptors (Lipinski definition) is 3. The number of carboxylic acid groups (broad SMARTS) is 1. The summed E-state index contributed by atoms with van der Waals surface area (Å²) in [5.41, 5.74) is 0. The zero-order valence-electron chi connectivity index (χ0n) is 8.32. The van der Waals surface area contributed by atoms with Crippen molar-refractivity contribution >= 4 is 17.7 Å². The summed E-state index contributed by atoms with van der Waals surface area (Å²) in [5, 5.41) is 8.80. The second-order valence-corrected chi connectivity index (χ2v) is 5.30. The van der Waals surface area contributed by atoms with Crippen molar-refractivity contribution < 1.29 is 9.90 Å². The second-order valence-electron chi connectivity index (χ2n) is 4.15. The maximum absolute atomic E-state index is 10.7. The number of aliphatic carboxylic acids is 1. The molecule has 2 aliphatic heterocycles. The average Bonchev–Trinajstić information content (AvgIpc) is 2.70. The lowest BCUT2D eigenvalue weighted by Gasteiger charge is -2.28. The van der Waals surface area contributed by atoms with Gasteiger partial charge in [-0.05, 0) is 31.6 Å². The highest BCUT2D eigenvalue weighted by Gasteiger charge is 2.33. The first kappa shape index (κ1) is 10.3. The van der Waals surface area contributed by atoms with E-state index in [0.29, 0.717) is 18.5 Å². The van der Waals surface area contributed by atoms with Gasteiger partial charge in [0.05, 0.1) is 6.42 Å². The quantitative estimate of drug-likeness (QED) is 0.773. The molecule has 14 heavy (non-hydrogen) atoms. The summed E-state index contributed by atoms with van der Waals surface area (Å²) in [4.78, 5) is 13.1. The molecule has 2 atom stereocenters. The highest BCUT2D eigenvalue weighted by Crippen LogP contribution is 2.30. The first-order valence-electron chi connectivity index (χ1n) is 5.32. The van der Waals surface area contributed by atoms with E-state index in [0.717, 1.165) is 13.0 Å². The molecule has 2 fully saturated rings. The van der Waals surface area contributed by atoms with Gasteiger partial charge in [0.15, 0.2) is 0 Å². The molecule has 0 bridgehead atoms. The lowest BCUT2D eigenvalue weighted by molar-refractivity contribution is -0.138. The molecule has 2 heterocycles. The van der Waals surface area contributed by atoms with Crippen LogP contribution >= 0.6 is 11.8 Å². The van der Waals surface area contributed by atoms with E-state index in [1.54, 1.807) is 0 Å². The molecular formula is C10H17NO2S. The summed E-state index contributed by atoms with van der Waals surface area (Å²) in [5.74, 6) is 1.81. The Balaban J connectivity index is 1.92. The molecule has 2 aliphatic rings. The van der Waals surface area contributed by atoms with Crippen molar-refractivity contribution in [2.24, 2.45) is 0 Å². The minimum absolute atomic E-state index is 0.316. The molecule has 0 aromatic rings. The van der Waals surface area contributed by atoms with Gasteiger partial charge in [0.2, 0.25) is 0 Å². The monoisotopic (exact) mass is 215 g/mol. The lowest BCUT2D eigenvalue weighted by atomic mass is 10.1. The van der Waals surface area contributed by atoms with Crippen molar-refractivity contribution in [3.05, 3.63) is 0 Å². The van der Waals surface area contributed by atoms with Gasteiger partial charge in [0.25, 0.3) is 0 Å². The minimum Gasteiger partial charge on any atom is -0.481 e. The van der Waals surface area contributed by atoms with E-state index in [1.807, 2.05) is 11.8 Å². The van der Waals surface area contributed by atoms with Crippen LogP contribution in [0.15, 0.2) is 0 Å². The maximum atomic E-state index is 10.7. The molecule has 2 rings (SSSR count). The molecule has 0 spiro atoms. The van der Waals surface area contributed by atoms with E-state index in [4.69, 9.17) is 5.11 Å². The number of rotatable bonds is 3. The number of nitrogens with zero attached hydrogens (tertiary/aromatic N) is 1. The van der Waals surface area contributed by atoms with Gasteiger partial charge < -0.3 is 5.11 Å². The van der Waals surface area contributed by atoms with E-state index in [-0.39, 0.29) is 0 Å². The summed E-state index contributed by atoms with van der Waals surface area (Å²) in [6, 6.07) is 0.975. The molecule has 4 heteroatoms. The minimum atomic E-state index is -0.646. The zero-order valence-corrected chi connectivity index (χ0v) is 9.13. The molecule has 0 aliphatic carbocycles. The Kier molecular flexibility index (Phi) is 3.34. The van der Waals surface area contributed by atoms with E-state index < -0.39 is 5.97 Å². The van der Waals surface area contributed by atoms with Crippen LogP contribution in [0.3, 0.4) is 0 Å². The molecule has 0 radical (unpaired) electrons. The maximum Gasteiger partial charge on any atom is 0.304 e. The Bertz CT molecular complexity index is 216. The third-order valence-electron chi connectivity index (χ3n) is 3.21. The highest BCUT2D eigenvalue weighted by molar-refractivity contribution is 7.99.